The Morgan fingerprint density at radius 3 is 2.76 bits per heavy atom. The number of anilines is 2. The van der Waals surface area contributed by atoms with Gasteiger partial charge in [0.05, 0.1) is 11.3 Å². The van der Waals surface area contributed by atoms with Crippen LogP contribution in [0.15, 0.2) is 12.3 Å². The molecule has 1 atom stereocenters. The highest BCUT2D eigenvalue weighted by molar-refractivity contribution is 5.64. The topological polar surface area (TPSA) is 71.2 Å². The minimum absolute atomic E-state index is 0.450. The summed E-state index contributed by atoms with van der Waals surface area (Å²) in [4.78, 5) is 4.17. The molecule has 0 aliphatic rings. The first-order valence-electron chi connectivity index (χ1n) is 5.99. The van der Waals surface area contributed by atoms with Crippen molar-refractivity contribution >= 4 is 11.5 Å². The van der Waals surface area contributed by atoms with E-state index in [0.717, 1.165) is 12.0 Å². The minimum Gasteiger partial charge on any atom is -0.396 e. The fraction of sp³-hybridized carbons (Fsp3) is 0.615. The zero-order valence-corrected chi connectivity index (χ0v) is 11.1. The second kappa shape index (κ2) is 5.36. The summed E-state index contributed by atoms with van der Waals surface area (Å²) in [5, 5.41) is 13.3. The van der Waals surface area contributed by atoms with Crippen molar-refractivity contribution in [3.63, 3.8) is 0 Å². The van der Waals surface area contributed by atoms with Crippen LogP contribution in [0.2, 0.25) is 0 Å². The Hall–Kier alpha value is -1.29. The van der Waals surface area contributed by atoms with Crippen LogP contribution in [0, 0.1) is 12.8 Å². The van der Waals surface area contributed by atoms with E-state index in [9.17, 15) is 5.11 Å². The minimum atomic E-state index is -0.744. The summed E-state index contributed by atoms with van der Waals surface area (Å²) in [5.41, 5.74) is 6.80. The molecule has 4 heteroatoms. The fourth-order valence-corrected chi connectivity index (χ4v) is 1.94. The number of hydrogen-bond donors (Lipinski definition) is 3. The Labute approximate surface area is 103 Å². The van der Waals surface area contributed by atoms with Crippen molar-refractivity contribution in [3.8, 4) is 0 Å². The van der Waals surface area contributed by atoms with Gasteiger partial charge in [0, 0.05) is 12.7 Å². The molecule has 0 aromatic carbocycles. The molecule has 1 unspecified atom stereocenters. The summed E-state index contributed by atoms with van der Waals surface area (Å²) in [6, 6.07) is 1.87. The average molecular weight is 237 g/mol. The van der Waals surface area contributed by atoms with Crippen LogP contribution in [0.25, 0.3) is 0 Å². The van der Waals surface area contributed by atoms with Gasteiger partial charge in [-0.3, -0.25) is 0 Å². The van der Waals surface area contributed by atoms with E-state index in [1.807, 2.05) is 19.9 Å². The number of pyridine rings is 1. The maximum absolute atomic E-state index is 10.2. The predicted octanol–water partition coefficient (Wildman–Crippen LogP) is 2.18. The smallest absolute Gasteiger partial charge is 0.149 e. The Kier molecular flexibility index (Phi) is 4.34. The number of rotatable bonds is 5. The van der Waals surface area contributed by atoms with Crippen LogP contribution in [0.3, 0.4) is 0 Å². The molecule has 0 fully saturated rings. The summed E-state index contributed by atoms with van der Waals surface area (Å²) < 4.78 is 0. The number of aromatic nitrogens is 1. The Bertz CT molecular complexity index is 375. The Morgan fingerprint density at radius 2 is 2.18 bits per heavy atom. The largest absolute Gasteiger partial charge is 0.396 e. The van der Waals surface area contributed by atoms with Gasteiger partial charge >= 0.3 is 0 Å². The van der Waals surface area contributed by atoms with Gasteiger partial charge in [-0.1, -0.05) is 13.8 Å². The van der Waals surface area contributed by atoms with E-state index >= 15 is 0 Å². The summed E-state index contributed by atoms with van der Waals surface area (Å²) in [6.07, 6.45) is 2.46. The molecule has 0 saturated carbocycles. The maximum atomic E-state index is 10.2. The molecule has 0 bridgehead atoms. The molecular weight excluding hydrogens is 214 g/mol. The number of aryl methyl sites for hydroxylation is 1. The number of hydrogen-bond acceptors (Lipinski definition) is 4. The Morgan fingerprint density at radius 1 is 1.53 bits per heavy atom. The molecular formula is C13H23N3O. The van der Waals surface area contributed by atoms with Gasteiger partial charge in [-0.25, -0.2) is 4.98 Å². The molecule has 17 heavy (non-hydrogen) atoms. The lowest BCUT2D eigenvalue weighted by atomic mass is 9.94. The van der Waals surface area contributed by atoms with Gasteiger partial charge in [0.2, 0.25) is 0 Å². The standard InChI is InChI=1S/C13H23N3O/c1-9(2)7-13(4,17)8-16-12-11(14)10(3)5-6-15-12/h5-6,9,17H,7-8,14H2,1-4H3,(H,15,16). The van der Waals surface area contributed by atoms with E-state index in [0.29, 0.717) is 24.0 Å². The summed E-state index contributed by atoms with van der Waals surface area (Å²) in [7, 11) is 0. The van der Waals surface area contributed by atoms with E-state index in [2.05, 4.69) is 24.1 Å². The molecule has 1 heterocycles. The number of nitrogens with one attached hydrogen (secondary N) is 1. The zero-order valence-electron chi connectivity index (χ0n) is 11.1. The highest BCUT2D eigenvalue weighted by Gasteiger charge is 2.22. The highest BCUT2D eigenvalue weighted by Crippen LogP contribution is 2.21. The third-order valence-corrected chi connectivity index (χ3v) is 2.69. The zero-order chi connectivity index (χ0) is 13.1. The first kappa shape index (κ1) is 13.8. The van der Waals surface area contributed by atoms with Gasteiger partial charge in [-0.15, -0.1) is 0 Å². The van der Waals surface area contributed by atoms with Crippen molar-refractivity contribution in [2.45, 2.75) is 39.7 Å². The van der Waals surface area contributed by atoms with Crippen LogP contribution in [-0.2, 0) is 0 Å². The van der Waals surface area contributed by atoms with Crippen LogP contribution in [0.4, 0.5) is 11.5 Å². The van der Waals surface area contributed by atoms with Crippen molar-refractivity contribution in [1.82, 2.24) is 4.98 Å². The summed E-state index contributed by atoms with van der Waals surface area (Å²) in [5.74, 6) is 1.10. The van der Waals surface area contributed by atoms with E-state index in [-0.39, 0.29) is 0 Å². The van der Waals surface area contributed by atoms with Gasteiger partial charge in [-0.05, 0) is 37.8 Å². The molecule has 0 aliphatic carbocycles. The van der Waals surface area contributed by atoms with Crippen molar-refractivity contribution in [2.75, 3.05) is 17.6 Å². The molecule has 4 N–H and O–H groups in total. The molecule has 0 saturated heterocycles. The monoisotopic (exact) mass is 237 g/mol. The van der Waals surface area contributed by atoms with E-state index in [4.69, 9.17) is 5.73 Å². The molecule has 1 aromatic heterocycles. The lowest BCUT2D eigenvalue weighted by Gasteiger charge is -2.26. The average Bonchev–Trinajstić information content (AvgIpc) is 2.18. The van der Waals surface area contributed by atoms with Crippen LogP contribution in [-0.4, -0.2) is 22.2 Å². The van der Waals surface area contributed by atoms with E-state index in [1.54, 1.807) is 6.20 Å². The van der Waals surface area contributed by atoms with Gasteiger partial charge in [0.25, 0.3) is 0 Å². The second-order valence-electron chi connectivity index (χ2n) is 5.34. The first-order chi connectivity index (χ1) is 7.82. The van der Waals surface area contributed by atoms with Crippen LogP contribution < -0.4 is 11.1 Å². The highest BCUT2D eigenvalue weighted by atomic mass is 16.3. The van der Waals surface area contributed by atoms with Crippen molar-refractivity contribution in [3.05, 3.63) is 17.8 Å². The molecule has 1 aromatic rings. The maximum Gasteiger partial charge on any atom is 0.149 e. The van der Waals surface area contributed by atoms with Crippen LogP contribution >= 0.6 is 0 Å². The van der Waals surface area contributed by atoms with Crippen molar-refractivity contribution in [2.24, 2.45) is 5.92 Å². The summed E-state index contributed by atoms with van der Waals surface area (Å²) >= 11 is 0. The van der Waals surface area contributed by atoms with Crippen molar-refractivity contribution in [1.29, 1.82) is 0 Å². The quantitative estimate of drug-likeness (QED) is 0.734. The Balaban J connectivity index is 2.64. The number of nitrogens with zero attached hydrogens (tertiary/aromatic N) is 1. The molecule has 0 amide bonds. The second-order valence-corrected chi connectivity index (χ2v) is 5.34. The normalized spacial score (nSPS) is 14.7. The first-order valence-corrected chi connectivity index (χ1v) is 5.99. The van der Waals surface area contributed by atoms with Crippen molar-refractivity contribution < 1.29 is 5.11 Å². The van der Waals surface area contributed by atoms with Gasteiger partial charge in [0.15, 0.2) is 0 Å². The molecule has 96 valence electrons. The van der Waals surface area contributed by atoms with Crippen LogP contribution in [0.1, 0.15) is 32.8 Å². The molecule has 0 aliphatic heterocycles. The third kappa shape index (κ3) is 4.23. The van der Waals surface area contributed by atoms with E-state index < -0.39 is 5.60 Å². The lowest BCUT2D eigenvalue weighted by Crippen LogP contribution is -2.35. The summed E-state index contributed by atoms with van der Waals surface area (Å²) in [6.45, 7) is 8.40. The van der Waals surface area contributed by atoms with E-state index in [1.165, 1.54) is 0 Å². The third-order valence-electron chi connectivity index (χ3n) is 2.69. The molecule has 4 nitrogen and oxygen atoms in total. The number of nitrogens with two attached hydrogens (primary N) is 1. The molecule has 1 rings (SSSR count). The lowest BCUT2D eigenvalue weighted by molar-refractivity contribution is 0.0515. The number of aliphatic hydroxyl groups is 1. The predicted molar refractivity (Wildman–Crippen MR) is 72.0 cm³/mol. The van der Waals surface area contributed by atoms with Gasteiger partial charge in [-0.2, -0.15) is 0 Å². The SMILES string of the molecule is Cc1ccnc(NCC(C)(O)CC(C)C)c1N. The fourth-order valence-electron chi connectivity index (χ4n) is 1.94. The van der Waals surface area contributed by atoms with Gasteiger partial charge < -0.3 is 16.2 Å². The van der Waals surface area contributed by atoms with Gasteiger partial charge in [0.1, 0.15) is 5.82 Å². The van der Waals surface area contributed by atoms with Crippen LogP contribution in [0.5, 0.6) is 0 Å². The molecule has 0 spiro atoms. The molecule has 0 radical (unpaired) electrons. The number of nitrogen functional groups attached to an aromatic ring is 1.